The fraction of sp³-hybridized carbons (Fsp3) is 0. The van der Waals surface area contributed by atoms with Crippen LogP contribution in [0.4, 0.5) is 4.39 Å². The van der Waals surface area contributed by atoms with Gasteiger partial charge in [-0.3, -0.25) is 4.98 Å². The first-order chi connectivity index (χ1) is 7.74. The van der Waals surface area contributed by atoms with Crippen LogP contribution < -0.4 is 0 Å². The molecule has 0 aliphatic rings. The van der Waals surface area contributed by atoms with E-state index in [-0.39, 0.29) is 5.82 Å². The Balaban J connectivity index is 2.67. The molecule has 78 valence electrons. The molecule has 0 unspecified atom stereocenters. The molecule has 2 rings (SSSR count). The Bertz CT molecular complexity index is 575. The largest absolute Gasteiger partial charge is 0.255 e. The van der Waals surface area contributed by atoms with Crippen molar-refractivity contribution < 1.29 is 4.39 Å². The number of nitrogens with zero attached hydrogens (tertiary/aromatic N) is 2. The van der Waals surface area contributed by atoms with Gasteiger partial charge in [-0.1, -0.05) is 12.1 Å². The van der Waals surface area contributed by atoms with Gasteiger partial charge in [0.1, 0.15) is 11.9 Å². The van der Waals surface area contributed by atoms with Gasteiger partial charge in [0, 0.05) is 16.7 Å². The van der Waals surface area contributed by atoms with Gasteiger partial charge in [0.2, 0.25) is 0 Å². The number of aromatic nitrogens is 1. The molecule has 0 saturated carbocycles. The third kappa shape index (κ3) is 1.77. The Labute approximate surface area is 97.8 Å². The molecule has 1 aromatic heterocycles. The summed E-state index contributed by atoms with van der Waals surface area (Å²) in [7, 11) is 0. The molecule has 0 spiro atoms. The second-order valence-electron chi connectivity index (χ2n) is 3.15. The molecular formula is C12H7FN2S. The van der Waals surface area contributed by atoms with Crippen LogP contribution in [0, 0.1) is 17.1 Å². The minimum absolute atomic E-state index is 0.351. The van der Waals surface area contributed by atoms with Crippen molar-refractivity contribution in [2.24, 2.45) is 0 Å². The van der Waals surface area contributed by atoms with E-state index in [9.17, 15) is 4.39 Å². The highest BCUT2D eigenvalue weighted by atomic mass is 32.1. The molecule has 0 aliphatic carbocycles. The Morgan fingerprint density at radius 2 is 2.00 bits per heavy atom. The van der Waals surface area contributed by atoms with Gasteiger partial charge in [-0.15, -0.1) is 12.6 Å². The number of hydrogen-bond donors (Lipinski definition) is 1. The van der Waals surface area contributed by atoms with Gasteiger partial charge in [0.15, 0.2) is 0 Å². The summed E-state index contributed by atoms with van der Waals surface area (Å²) in [5.41, 5.74) is 1.13. The molecule has 0 radical (unpaired) electrons. The molecule has 0 atom stereocenters. The molecular weight excluding hydrogens is 223 g/mol. The van der Waals surface area contributed by atoms with E-state index in [1.165, 1.54) is 12.3 Å². The van der Waals surface area contributed by atoms with Crippen molar-refractivity contribution in [3.8, 4) is 17.3 Å². The van der Waals surface area contributed by atoms with E-state index in [4.69, 9.17) is 5.26 Å². The Morgan fingerprint density at radius 1 is 1.25 bits per heavy atom. The number of benzene rings is 1. The summed E-state index contributed by atoms with van der Waals surface area (Å²) in [4.78, 5) is 4.45. The van der Waals surface area contributed by atoms with Crippen molar-refractivity contribution in [2.75, 3.05) is 0 Å². The Hall–Kier alpha value is -1.86. The first kappa shape index (κ1) is 10.7. The van der Waals surface area contributed by atoms with E-state index < -0.39 is 0 Å². The molecule has 4 heteroatoms. The molecule has 0 amide bonds. The zero-order valence-electron chi connectivity index (χ0n) is 8.18. The number of pyridine rings is 1. The third-order valence-corrected chi connectivity index (χ3v) is 2.63. The van der Waals surface area contributed by atoms with Crippen LogP contribution in [0.3, 0.4) is 0 Å². The zero-order valence-corrected chi connectivity index (χ0v) is 9.08. The van der Waals surface area contributed by atoms with Crippen LogP contribution in [-0.4, -0.2) is 4.98 Å². The van der Waals surface area contributed by atoms with Crippen molar-refractivity contribution in [3.63, 3.8) is 0 Å². The summed E-state index contributed by atoms with van der Waals surface area (Å²) in [6, 6.07) is 9.81. The molecule has 1 aromatic carbocycles. The average molecular weight is 230 g/mol. The predicted octanol–water partition coefficient (Wildman–Crippen LogP) is 3.05. The van der Waals surface area contributed by atoms with Crippen LogP contribution in [-0.2, 0) is 0 Å². The molecule has 16 heavy (non-hydrogen) atoms. The van der Waals surface area contributed by atoms with Crippen LogP contribution in [0.2, 0.25) is 0 Å². The molecule has 0 fully saturated rings. The lowest BCUT2D eigenvalue weighted by Crippen LogP contribution is -1.91. The van der Waals surface area contributed by atoms with Crippen LogP contribution in [0.15, 0.2) is 41.4 Å². The summed E-state index contributed by atoms with van der Waals surface area (Å²) < 4.78 is 13.5. The fourth-order valence-electron chi connectivity index (χ4n) is 1.39. The second-order valence-corrected chi connectivity index (χ2v) is 3.59. The number of nitriles is 1. The average Bonchev–Trinajstić information content (AvgIpc) is 2.31. The molecule has 2 aromatic rings. The monoisotopic (exact) mass is 230 g/mol. The van der Waals surface area contributed by atoms with E-state index in [0.717, 1.165) is 0 Å². The van der Waals surface area contributed by atoms with Gasteiger partial charge in [-0.05, 0) is 18.2 Å². The van der Waals surface area contributed by atoms with Crippen molar-refractivity contribution in [1.82, 2.24) is 4.98 Å². The highest BCUT2D eigenvalue weighted by molar-refractivity contribution is 7.80. The zero-order chi connectivity index (χ0) is 11.5. The summed E-state index contributed by atoms with van der Waals surface area (Å²) in [6.07, 6.45) is 1.47. The lowest BCUT2D eigenvalue weighted by molar-refractivity contribution is 0.630. The minimum atomic E-state index is -0.375. The minimum Gasteiger partial charge on any atom is -0.255 e. The number of hydrogen-bond acceptors (Lipinski definition) is 3. The van der Waals surface area contributed by atoms with E-state index in [1.807, 2.05) is 6.07 Å². The maximum absolute atomic E-state index is 13.5. The first-order valence-electron chi connectivity index (χ1n) is 4.57. The molecule has 0 bridgehead atoms. The molecule has 0 N–H and O–H groups in total. The fourth-order valence-corrected chi connectivity index (χ4v) is 1.70. The van der Waals surface area contributed by atoms with Gasteiger partial charge in [0.05, 0.1) is 11.3 Å². The van der Waals surface area contributed by atoms with Crippen molar-refractivity contribution in [2.45, 2.75) is 4.90 Å². The second kappa shape index (κ2) is 4.33. The maximum atomic E-state index is 13.5. The highest BCUT2D eigenvalue weighted by Gasteiger charge is 2.11. The van der Waals surface area contributed by atoms with Crippen molar-refractivity contribution in [1.29, 1.82) is 5.26 Å². The lowest BCUT2D eigenvalue weighted by Gasteiger charge is -2.06. The third-order valence-electron chi connectivity index (χ3n) is 2.17. The van der Waals surface area contributed by atoms with Gasteiger partial charge in [-0.2, -0.15) is 5.26 Å². The normalized spacial score (nSPS) is 9.81. The van der Waals surface area contributed by atoms with Gasteiger partial charge in [-0.25, -0.2) is 4.39 Å². The number of halogens is 1. The summed E-state index contributed by atoms with van der Waals surface area (Å²) >= 11 is 4.20. The molecule has 0 saturated heterocycles. The van der Waals surface area contributed by atoms with Crippen molar-refractivity contribution in [3.05, 3.63) is 47.9 Å². The molecule has 1 heterocycles. The number of thiol groups is 1. The van der Waals surface area contributed by atoms with Crippen molar-refractivity contribution >= 4 is 12.6 Å². The summed E-state index contributed by atoms with van der Waals surface area (Å²) in [5, 5.41) is 8.84. The number of rotatable bonds is 1. The maximum Gasteiger partial charge on any atom is 0.132 e. The summed E-state index contributed by atoms with van der Waals surface area (Å²) in [5.74, 6) is -0.375. The predicted molar refractivity (Wildman–Crippen MR) is 61.6 cm³/mol. The smallest absolute Gasteiger partial charge is 0.132 e. The van der Waals surface area contributed by atoms with Crippen LogP contribution in [0.1, 0.15) is 5.56 Å². The van der Waals surface area contributed by atoms with E-state index in [2.05, 4.69) is 17.6 Å². The van der Waals surface area contributed by atoms with Crippen LogP contribution in [0.5, 0.6) is 0 Å². The standard InChI is InChI=1S/C12H7FN2S/c13-10-4-2-1-3-9(10)11-12(16)8(7-14)5-6-15-11/h1-6,16H. The Kier molecular flexibility index (Phi) is 2.88. The van der Waals surface area contributed by atoms with E-state index in [0.29, 0.717) is 21.7 Å². The van der Waals surface area contributed by atoms with Crippen LogP contribution >= 0.6 is 12.6 Å². The van der Waals surface area contributed by atoms with E-state index >= 15 is 0 Å². The highest BCUT2D eigenvalue weighted by Crippen LogP contribution is 2.28. The Morgan fingerprint density at radius 3 is 2.69 bits per heavy atom. The lowest BCUT2D eigenvalue weighted by atomic mass is 10.1. The quantitative estimate of drug-likeness (QED) is 0.764. The topological polar surface area (TPSA) is 36.7 Å². The first-order valence-corrected chi connectivity index (χ1v) is 5.01. The van der Waals surface area contributed by atoms with E-state index in [1.54, 1.807) is 24.3 Å². The molecule has 0 aliphatic heterocycles. The SMILES string of the molecule is N#Cc1ccnc(-c2ccccc2F)c1S. The summed E-state index contributed by atoms with van der Waals surface area (Å²) in [6.45, 7) is 0. The molecule has 2 nitrogen and oxygen atoms in total. The van der Waals surface area contributed by atoms with Gasteiger partial charge in [0.25, 0.3) is 0 Å². The van der Waals surface area contributed by atoms with Crippen LogP contribution in [0.25, 0.3) is 11.3 Å². The van der Waals surface area contributed by atoms with Gasteiger partial charge < -0.3 is 0 Å². The van der Waals surface area contributed by atoms with Gasteiger partial charge >= 0.3 is 0 Å².